The third-order valence-corrected chi connectivity index (χ3v) is 2.73. The molecule has 0 bridgehead atoms. The molecule has 0 aliphatic heterocycles. The summed E-state index contributed by atoms with van der Waals surface area (Å²) in [4.78, 5) is 0. The van der Waals surface area contributed by atoms with Crippen LogP contribution in [0.25, 0.3) is 0 Å². The Labute approximate surface area is 49.7 Å². The summed E-state index contributed by atoms with van der Waals surface area (Å²) < 4.78 is 0. The average Bonchev–Trinajstić information content (AvgIpc) is 2.50. The van der Waals surface area contributed by atoms with Gasteiger partial charge in [-0.15, -0.1) is 0 Å². The number of rotatable bonds is 1. The van der Waals surface area contributed by atoms with Crippen LogP contribution in [0.2, 0.25) is 0 Å². The molecule has 1 nitrogen and oxygen atoms in total. The van der Waals surface area contributed by atoms with Crippen LogP contribution in [-0.2, 0) is 0 Å². The van der Waals surface area contributed by atoms with Gasteiger partial charge in [0.1, 0.15) is 0 Å². The Hall–Kier alpha value is -0.0400. The summed E-state index contributed by atoms with van der Waals surface area (Å²) in [5, 5.41) is 9.07. The molecule has 2 fully saturated rings. The first-order chi connectivity index (χ1) is 3.75. The number of hydrogen-bond donors (Lipinski definition) is 1. The predicted octanol–water partition coefficient (Wildman–Crippen LogP) is 1.17. The molecular formula is C7H12O. The molecule has 2 aliphatic carbocycles. The molecule has 0 unspecified atom stereocenters. The van der Waals surface area contributed by atoms with E-state index in [2.05, 4.69) is 0 Å². The van der Waals surface area contributed by atoms with Gasteiger partial charge in [-0.3, -0.25) is 0 Å². The minimum Gasteiger partial charge on any atom is -0.393 e. The second-order valence-corrected chi connectivity index (χ2v) is 3.41. The van der Waals surface area contributed by atoms with Crippen LogP contribution >= 0.6 is 0 Å². The molecule has 0 amide bonds. The van der Waals surface area contributed by atoms with E-state index >= 15 is 0 Å². The third-order valence-electron chi connectivity index (χ3n) is 2.73. The Balaban J connectivity index is 1.96. The van der Waals surface area contributed by atoms with Crippen molar-refractivity contribution in [1.29, 1.82) is 0 Å². The van der Waals surface area contributed by atoms with Crippen molar-refractivity contribution in [3.63, 3.8) is 0 Å². The summed E-state index contributed by atoms with van der Waals surface area (Å²) in [6.07, 6.45) is 4.06. The Morgan fingerprint density at radius 1 is 1.62 bits per heavy atom. The Morgan fingerprint density at radius 2 is 2.25 bits per heavy atom. The lowest BCUT2D eigenvalue weighted by Crippen LogP contribution is -2.03. The molecule has 8 heavy (non-hydrogen) atoms. The van der Waals surface area contributed by atoms with E-state index < -0.39 is 0 Å². The quantitative estimate of drug-likeness (QED) is 0.539. The summed E-state index contributed by atoms with van der Waals surface area (Å²) >= 11 is 0. The summed E-state index contributed by atoms with van der Waals surface area (Å²) in [6, 6.07) is 0. The summed E-state index contributed by atoms with van der Waals surface area (Å²) in [5.74, 6) is 0.683. The van der Waals surface area contributed by atoms with Crippen molar-refractivity contribution in [3.05, 3.63) is 0 Å². The summed E-state index contributed by atoms with van der Waals surface area (Å²) in [5.41, 5.74) is 0.689. The molecule has 0 aromatic carbocycles. The normalized spacial score (nSPS) is 42.0. The highest BCUT2D eigenvalue weighted by Gasteiger charge is 2.63. The van der Waals surface area contributed by atoms with Crippen LogP contribution in [-0.4, -0.2) is 11.2 Å². The van der Waals surface area contributed by atoms with Crippen molar-refractivity contribution in [1.82, 2.24) is 0 Å². The first-order valence-corrected chi connectivity index (χ1v) is 3.43. The SMILES string of the molecule is C[C@@H](O)[C@@H]1CC12CC2. The average molecular weight is 112 g/mol. The van der Waals surface area contributed by atoms with E-state index in [0.717, 1.165) is 0 Å². The van der Waals surface area contributed by atoms with Crippen LogP contribution in [0.1, 0.15) is 26.2 Å². The lowest BCUT2D eigenvalue weighted by molar-refractivity contribution is 0.162. The molecule has 2 atom stereocenters. The molecule has 2 saturated carbocycles. The first-order valence-electron chi connectivity index (χ1n) is 3.43. The van der Waals surface area contributed by atoms with Crippen molar-refractivity contribution in [2.75, 3.05) is 0 Å². The van der Waals surface area contributed by atoms with Gasteiger partial charge in [0.05, 0.1) is 6.10 Å². The number of hydrogen-bond acceptors (Lipinski definition) is 1. The van der Waals surface area contributed by atoms with E-state index in [1.54, 1.807) is 0 Å². The van der Waals surface area contributed by atoms with Gasteiger partial charge in [-0.2, -0.15) is 0 Å². The number of aliphatic hydroxyl groups is 1. The van der Waals surface area contributed by atoms with E-state index in [0.29, 0.717) is 11.3 Å². The van der Waals surface area contributed by atoms with Crippen LogP contribution in [0.5, 0.6) is 0 Å². The minimum atomic E-state index is -0.0301. The summed E-state index contributed by atoms with van der Waals surface area (Å²) in [6.45, 7) is 1.91. The molecule has 1 heteroatoms. The molecule has 46 valence electrons. The molecular weight excluding hydrogens is 100 g/mol. The Morgan fingerprint density at radius 3 is 2.38 bits per heavy atom. The molecule has 0 aromatic rings. The van der Waals surface area contributed by atoms with E-state index in [4.69, 9.17) is 5.11 Å². The van der Waals surface area contributed by atoms with Crippen LogP contribution in [0.3, 0.4) is 0 Å². The first kappa shape index (κ1) is 4.80. The Kier molecular flexibility index (Phi) is 0.663. The van der Waals surface area contributed by atoms with E-state index in [9.17, 15) is 0 Å². The highest BCUT2D eigenvalue weighted by atomic mass is 16.3. The fourth-order valence-corrected chi connectivity index (χ4v) is 1.80. The zero-order chi connectivity index (χ0) is 5.78. The topological polar surface area (TPSA) is 20.2 Å². The maximum Gasteiger partial charge on any atom is 0.0545 e. The van der Waals surface area contributed by atoms with Gasteiger partial charge in [0.25, 0.3) is 0 Å². The minimum absolute atomic E-state index is 0.0301. The third kappa shape index (κ3) is 0.455. The van der Waals surface area contributed by atoms with Gasteiger partial charge in [0, 0.05) is 0 Å². The van der Waals surface area contributed by atoms with Crippen LogP contribution < -0.4 is 0 Å². The zero-order valence-corrected chi connectivity index (χ0v) is 5.22. The fraction of sp³-hybridized carbons (Fsp3) is 1.00. The van der Waals surface area contributed by atoms with Crippen molar-refractivity contribution in [2.24, 2.45) is 11.3 Å². The maximum atomic E-state index is 9.07. The molecule has 1 spiro atoms. The predicted molar refractivity (Wildman–Crippen MR) is 31.5 cm³/mol. The number of aliphatic hydroxyl groups excluding tert-OH is 1. The van der Waals surface area contributed by atoms with Gasteiger partial charge in [-0.05, 0) is 37.5 Å². The molecule has 0 heterocycles. The molecule has 0 radical (unpaired) electrons. The highest BCUT2D eigenvalue weighted by molar-refractivity contribution is 5.13. The van der Waals surface area contributed by atoms with E-state index in [1.165, 1.54) is 19.3 Å². The molecule has 1 N–H and O–H groups in total. The van der Waals surface area contributed by atoms with Gasteiger partial charge < -0.3 is 5.11 Å². The Bertz CT molecular complexity index is 114. The van der Waals surface area contributed by atoms with Gasteiger partial charge in [0.2, 0.25) is 0 Å². The zero-order valence-electron chi connectivity index (χ0n) is 5.22. The van der Waals surface area contributed by atoms with Gasteiger partial charge in [0.15, 0.2) is 0 Å². The second kappa shape index (κ2) is 1.10. The smallest absolute Gasteiger partial charge is 0.0545 e. The van der Waals surface area contributed by atoms with Crippen molar-refractivity contribution < 1.29 is 5.11 Å². The van der Waals surface area contributed by atoms with Crippen LogP contribution in [0.4, 0.5) is 0 Å². The molecule has 0 saturated heterocycles. The second-order valence-electron chi connectivity index (χ2n) is 3.41. The lowest BCUT2D eigenvalue weighted by atomic mass is 10.2. The largest absolute Gasteiger partial charge is 0.393 e. The highest BCUT2D eigenvalue weighted by Crippen LogP contribution is 2.71. The van der Waals surface area contributed by atoms with Crippen molar-refractivity contribution >= 4 is 0 Å². The van der Waals surface area contributed by atoms with Gasteiger partial charge in [-0.1, -0.05) is 0 Å². The standard InChI is InChI=1S/C7H12O/c1-5(8)6-4-7(6)2-3-7/h5-6,8H,2-4H2,1H3/t5-,6+/m1/s1. The van der Waals surface area contributed by atoms with Crippen molar-refractivity contribution in [3.8, 4) is 0 Å². The molecule has 2 rings (SSSR count). The monoisotopic (exact) mass is 112 g/mol. The van der Waals surface area contributed by atoms with E-state index in [-0.39, 0.29) is 6.10 Å². The van der Waals surface area contributed by atoms with Crippen molar-refractivity contribution in [2.45, 2.75) is 32.3 Å². The van der Waals surface area contributed by atoms with Gasteiger partial charge >= 0.3 is 0 Å². The van der Waals surface area contributed by atoms with Crippen LogP contribution in [0.15, 0.2) is 0 Å². The summed E-state index contributed by atoms with van der Waals surface area (Å²) in [7, 11) is 0. The van der Waals surface area contributed by atoms with Crippen LogP contribution in [0, 0.1) is 11.3 Å². The molecule has 2 aliphatic rings. The molecule has 0 aromatic heterocycles. The lowest BCUT2D eigenvalue weighted by Gasteiger charge is -1.97. The van der Waals surface area contributed by atoms with E-state index in [1.807, 2.05) is 6.92 Å². The maximum absolute atomic E-state index is 9.07. The fourth-order valence-electron chi connectivity index (χ4n) is 1.80. The van der Waals surface area contributed by atoms with Gasteiger partial charge in [-0.25, -0.2) is 0 Å².